The zero-order valence-electron chi connectivity index (χ0n) is 22.1. The van der Waals surface area contributed by atoms with Crippen molar-refractivity contribution in [3.63, 3.8) is 0 Å². The highest BCUT2D eigenvalue weighted by atomic mass is 19.1. The predicted octanol–water partition coefficient (Wildman–Crippen LogP) is 7.13. The van der Waals surface area contributed by atoms with E-state index in [1.807, 2.05) is 6.92 Å². The Hall–Kier alpha value is -1.56. The molecule has 0 aromatic heterocycles. The van der Waals surface area contributed by atoms with Crippen molar-refractivity contribution in [1.82, 2.24) is 0 Å². The molecule has 0 amide bonds. The van der Waals surface area contributed by atoms with E-state index in [9.17, 15) is 9.18 Å². The maximum absolute atomic E-state index is 13.3. The summed E-state index contributed by atoms with van der Waals surface area (Å²) >= 11 is 0. The molecule has 1 aromatic carbocycles. The van der Waals surface area contributed by atoms with Crippen molar-refractivity contribution in [3.05, 3.63) is 42.2 Å². The average molecular weight is 497 g/mol. The maximum atomic E-state index is 13.3. The monoisotopic (exact) mass is 496 g/mol. The third-order valence-corrected chi connectivity index (χ3v) is 11.6. The van der Waals surface area contributed by atoms with Crippen molar-refractivity contribution in [2.75, 3.05) is 6.61 Å². The lowest BCUT2D eigenvalue weighted by molar-refractivity contribution is -0.489. The van der Waals surface area contributed by atoms with E-state index in [1.54, 1.807) is 12.1 Å². The molecule has 1 heterocycles. The summed E-state index contributed by atoms with van der Waals surface area (Å²) in [5.74, 6) is 2.46. The van der Waals surface area contributed by atoms with Gasteiger partial charge in [0.1, 0.15) is 17.7 Å². The molecule has 5 fully saturated rings. The first kappa shape index (κ1) is 24.8. The maximum Gasteiger partial charge on any atom is 0.202 e. The molecule has 5 aliphatic rings. The van der Waals surface area contributed by atoms with Crippen LogP contribution in [0.4, 0.5) is 4.39 Å². The van der Waals surface area contributed by atoms with Crippen LogP contribution in [0.25, 0.3) is 5.57 Å². The van der Waals surface area contributed by atoms with E-state index in [2.05, 4.69) is 20.4 Å². The summed E-state index contributed by atoms with van der Waals surface area (Å²) in [6.07, 6.45) is 9.64. The Morgan fingerprint density at radius 1 is 0.972 bits per heavy atom. The smallest absolute Gasteiger partial charge is 0.202 e. The second-order valence-electron chi connectivity index (χ2n) is 13.1. The number of ether oxygens (including phenoxy) is 1. The van der Waals surface area contributed by atoms with Crippen molar-refractivity contribution in [2.24, 2.45) is 40.4 Å². The van der Waals surface area contributed by atoms with Gasteiger partial charge in [-0.05, 0) is 110 Å². The van der Waals surface area contributed by atoms with Gasteiger partial charge >= 0.3 is 0 Å². The number of rotatable bonds is 3. The molecule has 1 aromatic rings. The Morgan fingerprint density at radius 2 is 1.72 bits per heavy atom. The highest BCUT2D eigenvalue weighted by molar-refractivity contribution is 5.79. The molecule has 0 radical (unpaired) electrons. The molecule has 0 N–H and O–H groups in total. The lowest BCUT2D eigenvalue weighted by Gasteiger charge is -2.62. The standard InChI is InChI=1S/C31H41FO4/c1-19(21-5-8-23(32)9-6-21)28-18-34-31(36-35-28)16-15-29(3)22(17-31)7-10-24-26-12-11-25(20(2)33)30(26,4)14-13-27(24)29/h5-6,8-9,22,24-28H,1,7,10-18H2,2-4H3/t22?,24?,25?,26?,27?,28?,29-,30+,31?/m0/s1. The normalized spacial score (nSPS) is 46.0. The van der Waals surface area contributed by atoms with E-state index in [0.717, 1.165) is 48.7 Å². The van der Waals surface area contributed by atoms with Crippen LogP contribution in [0, 0.1) is 46.2 Å². The van der Waals surface area contributed by atoms with Gasteiger partial charge in [-0.2, -0.15) is 0 Å². The van der Waals surface area contributed by atoms with Gasteiger partial charge in [-0.25, -0.2) is 14.2 Å². The van der Waals surface area contributed by atoms with Crippen LogP contribution in [-0.2, 0) is 19.3 Å². The fourth-order valence-corrected chi connectivity index (χ4v) is 9.51. The van der Waals surface area contributed by atoms with Gasteiger partial charge in [0, 0.05) is 18.8 Å². The molecule has 1 saturated heterocycles. The zero-order chi connectivity index (χ0) is 25.3. The van der Waals surface area contributed by atoms with Gasteiger partial charge in [0.25, 0.3) is 0 Å². The molecular formula is C31H41FO4. The van der Waals surface area contributed by atoms with Crippen molar-refractivity contribution in [1.29, 1.82) is 0 Å². The molecule has 4 nitrogen and oxygen atoms in total. The van der Waals surface area contributed by atoms with Gasteiger partial charge in [-0.3, -0.25) is 4.79 Å². The number of Topliss-reactive ketones (excluding diaryl/α,β-unsaturated/α-hetero) is 1. The molecule has 1 spiro atoms. The van der Waals surface area contributed by atoms with Crippen LogP contribution in [-0.4, -0.2) is 24.3 Å². The summed E-state index contributed by atoms with van der Waals surface area (Å²) in [4.78, 5) is 24.4. The highest BCUT2D eigenvalue weighted by Crippen LogP contribution is 2.68. The minimum absolute atomic E-state index is 0.206. The number of halogens is 1. The molecule has 36 heavy (non-hydrogen) atoms. The van der Waals surface area contributed by atoms with Gasteiger partial charge in [0.05, 0.1) is 6.61 Å². The lowest BCUT2D eigenvalue weighted by atomic mass is 9.44. The fraction of sp³-hybridized carbons (Fsp3) is 0.710. The fourth-order valence-electron chi connectivity index (χ4n) is 9.51. The third kappa shape index (κ3) is 3.75. The van der Waals surface area contributed by atoms with Crippen molar-refractivity contribution < 1.29 is 23.7 Å². The Balaban J connectivity index is 1.12. The summed E-state index contributed by atoms with van der Waals surface area (Å²) in [6.45, 7) is 11.3. The van der Waals surface area contributed by atoms with Gasteiger partial charge in [0.2, 0.25) is 5.79 Å². The largest absolute Gasteiger partial charge is 0.344 e. The third-order valence-electron chi connectivity index (χ3n) is 11.6. The van der Waals surface area contributed by atoms with Crippen LogP contribution >= 0.6 is 0 Å². The first-order valence-electron chi connectivity index (χ1n) is 14.1. The summed E-state index contributed by atoms with van der Waals surface area (Å²) in [7, 11) is 0. The van der Waals surface area contributed by atoms with Gasteiger partial charge in [0.15, 0.2) is 0 Å². The van der Waals surface area contributed by atoms with E-state index in [-0.39, 0.29) is 17.2 Å². The van der Waals surface area contributed by atoms with Gasteiger partial charge in [-0.1, -0.05) is 32.6 Å². The number of ketones is 1. The Labute approximate surface area is 214 Å². The SMILES string of the molecule is C=C(c1ccc(F)cc1)C1COC2(CC[C@@]3(C)C(CCC4C3CC[C@]3(C)C(C(C)=O)CCC43)C2)OO1. The van der Waals surface area contributed by atoms with Gasteiger partial charge < -0.3 is 4.74 Å². The van der Waals surface area contributed by atoms with Gasteiger partial charge in [-0.15, -0.1) is 0 Å². The number of carbonyl (C=O) groups excluding carboxylic acids is 1. The number of carbonyl (C=O) groups is 1. The van der Waals surface area contributed by atoms with E-state index in [0.29, 0.717) is 29.6 Å². The van der Waals surface area contributed by atoms with Crippen molar-refractivity contribution >= 4 is 11.4 Å². The first-order valence-corrected chi connectivity index (χ1v) is 14.1. The van der Waals surface area contributed by atoms with E-state index < -0.39 is 11.9 Å². The van der Waals surface area contributed by atoms with Crippen LogP contribution in [0.5, 0.6) is 0 Å². The number of hydrogen-bond acceptors (Lipinski definition) is 4. The Kier molecular flexibility index (Phi) is 6.01. The minimum Gasteiger partial charge on any atom is -0.344 e. The molecule has 4 saturated carbocycles. The molecule has 7 unspecified atom stereocenters. The van der Waals surface area contributed by atoms with E-state index in [4.69, 9.17) is 14.5 Å². The molecule has 1 aliphatic heterocycles. The van der Waals surface area contributed by atoms with Crippen LogP contribution in [0.3, 0.4) is 0 Å². The minimum atomic E-state index is -0.674. The summed E-state index contributed by atoms with van der Waals surface area (Å²) < 4.78 is 19.7. The topological polar surface area (TPSA) is 44.8 Å². The van der Waals surface area contributed by atoms with Crippen LogP contribution in [0.15, 0.2) is 30.8 Å². The van der Waals surface area contributed by atoms with E-state index in [1.165, 1.54) is 44.2 Å². The van der Waals surface area contributed by atoms with Crippen molar-refractivity contribution in [3.8, 4) is 0 Å². The first-order chi connectivity index (χ1) is 17.2. The zero-order valence-corrected chi connectivity index (χ0v) is 22.1. The quantitative estimate of drug-likeness (QED) is 0.418. The number of fused-ring (bicyclic) bond motifs is 5. The number of hydrogen-bond donors (Lipinski definition) is 0. The average Bonchev–Trinajstić information content (AvgIpc) is 3.23. The molecule has 9 atom stereocenters. The molecule has 0 bridgehead atoms. The lowest BCUT2D eigenvalue weighted by Crippen LogP contribution is -2.58. The second-order valence-corrected chi connectivity index (χ2v) is 13.1. The molecular weight excluding hydrogens is 455 g/mol. The Bertz CT molecular complexity index is 1030. The number of benzene rings is 1. The summed E-state index contributed by atoms with van der Waals surface area (Å²) in [5.41, 5.74) is 2.08. The second kappa shape index (κ2) is 8.74. The molecule has 5 heteroatoms. The van der Waals surface area contributed by atoms with Crippen LogP contribution in [0.2, 0.25) is 0 Å². The van der Waals surface area contributed by atoms with Crippen LogP contribution < -0.4 is 0 Å². The summed E-state index contributed by atoms with van der Waals surface area (Å²) in [6, 6.07) is 6.30. The Morgan fingerprint density at radius 3 is 2.42 bits per heavy atom. The predicted molar refractivity (Wildman–Crippen MR) is 136 cm³/mol. The van der Waals surface area contributed by atoms with Crippen molar-refractivity contribution in [2.45, 2.75) is 90.4 Å². The molecule has 196 valence electrons. The highest BCUT2D eigenvalue weighted by Gasteiger charge is 2.62. The van der Waals surface area contributed by atoms with E-state index >= 15 is 0 Å². The molecule has 6 rings (SSSR count). The summed E-state index contributed by atoms with van der Waals surface area (Å²) in [5, 5.41) is 0. The molecule has 4 aliphatic carbocycles. The van der Waals surface area contributed by atoms with Crippen LogP contribution in [0.1, 0.15) is 84.1 Å².